The minimum atomic E-state index is -1.78. The summed E-state index contributed by atoms with van der Waals surface area (Å²) in [4.78, 5) is 0. The summed E-state index contributed by atoms with van der Waals surface area (Å²) in [5, 5.41) is 9.72. The summed E-state index contributed by atoms with van der Waals surface area (Å²) >= 11 is 0. The molecule has 1 saturated carbocycles. The van der Waals surface area contributed by atoms with Crippen molar-refractivity contribution in [1.29, 1.82) is 0 Å². The van der Waals surface area contributed by atoms with Crippen molar-refractivity contribution in [3.8, 4) is 0 Å². The summed E-state index contributed by atoms with van der Waals surface area (Å²) in [5.74, 6) is -6.87. The van der Waals surface area contributed by atoms with Gasteiger partial charge in [-0.05, 0) is 30.7 Å². The van der Waals surface area contributed by atoms with Gasteiger partial charge in [0.1, 0.15) is 0 Å². The van der Waals surface area contributed by atoms with Crippen LogP contribution in [0, 0.1) is 29.2 Å². The fourth-order valence-corrected chi connectivity index (χ4v) is 3.22. The minimum Gasteiger partial charge on any atom is -0.392 e. The van der Waals surface area contributed by atoms with E-state index in [1.54, 1.807) is 0 Å². The largest absolute Gasteiger partial charge is 0.392 e. The van der Waals surface area contributed by atoms with E-state index in [-0.39, 0.29) is 23.5 Å². The monoisotopic (exact) mass is 246 g/mol. The van der Waals surface area contributed by atoms with Gasteiger partial charge in [-0.25, -0.2) is 17.6 Å². The third kappa shape index (κ3) is 1.29. The molecule has 0 aromatic heterocycles. The third-order valence-corrected chi connectivity index (χ3v) is 3.96. The Balaban J connectivity index is 2.25. The van der Waals surface area contributed by atoms with Crippen LogP contribution in [-0.2, 0) is 6.42 Å². The highest BCUT2D eigenvalue weighted by molar-refractivity contribution is 5.41. The normalized spacial score (nSPS) is 30.5. The highest BCUT2D eigenvalue weighted by Crippen LogP contribution is 2.50. The standard InChI is InChI=1S/C12H10F4O/c13-9-5-3-4-1-2-6(17)7(4)8(5)10(14)12(16)11(9)15/h4,6-7,17H,1-3H2. The molecule has 2 aliphatic rings. The van der Waals surface area contributed by atoms with Crippen molar-refractivity contribution < 1.29 is 22.7 Å². The van der Waals surface area contributed by atoms with Gasteiger partial charge in [-0.2, -0.15) is 0 Å². The number of hydrogen-bond donors (Lipinski definition) is 1. The second-order valence-corrected chi connectivity index (χ2v) is 4.78. The van der Waals surface area contributed by atoms with E-state index in [2.05, 4.69) is 0 Å². The zero-order valence-corrected chi connectivity index (χ0v) is 8.81. The molecule has 17 heavy (non-hydrogen) atoms. The first-order valence-electron chi connectivity index (χ1n) is 5.55. The highest BCUT2D eigenvalue weighted by atomic mass is 19.2. The fourth-order valence-electron chi connectivity index (χ4n) is 3.22. The Kier molecular flexibility index (Phi) is 2.23. The summed E-state index contributed by atoms with van der Waals surface area (Å²) in [5.41, 5.74) is -0.258. The Bertz CT molecular complexity index is 500. The van der Waals surface area contributed by atoms with Crippen molar-refractivity contribution in [2.45, 2.75) is 31.3 Å². The van der Waals surface area contributed by atoms with E-state index in [1.807, 2.05) is 0 Å². The molecular weight excluding hydrogens is 236 g/mol. The molecule has 0 amide bonds. The second kappa shape index (κ2) is 3.45. The van der Waals surface area contributed by atoms with Crippen LogP contribution in [0.3, 0.4) is 0 Å². The van der Waals surface area contributed by atoms with Crippen LogP contribution in [0.1, 0.15) is 29.9 Å². The molecule has 3 unspecified atom stereocenters. The third-order valence-electron chi connectivity index (χ3n) is 3.96. The number of halogens is 4. The van der Waals surface area contributed by atoms with Gasteiger partial charge >= 0.3 is 0 Å². The van der Waals surface area contributed by atoms with Gasteiger partial charge in [0.05, 0.1) is 6.10 Å². The van der Waals surface area contributed by atoms with Gasteiger partial charge in [0.15, 0.2) is 23.3 Å². The van der Waals surface area contributed by atoms with Gasteiger partial charge in [-0.1, -0.05) is 0 Å². The Morgan fingerprint density at radius 1 is 0.882 bits per heavy atom. The van der Waals surface area contributed by atoms with Gasteiger partial charge in [-0.3, -0.25) is 0 Å². The number of hydrogen-bond acceptors (Lipinski definition) is 1. The molecule has 1 fully saturated rings. The Morgan fingerprint density at radius 2 is 1.53 bits per heavy atom. The molecule has 0 radical (unpaired) electrons. The maximum absolute atomic E-state index is 13.7. The summed E-state index contributed by atoms with van der Waals surface area (Å²) in [7, 11) is 0. The summed E-state index contributed by atoms with van der Waals surface area (Å²) in [6, 6.07) is 0. The molecule has 1 aromatic carbocycles. The Hall–Kier alpha value is -1.10. The van der Waals surface area contributed by atoms with E-state index in [0.29, 0.717) is 12.8 Å². The summed E-state index contributed by atoms with van der Waals surface area (Å²) in [6.45, 7) is 0. The maximum atomic E-state index is 13.7. The number of rotatable bonds is 0. The van der Waals surface area contributed by atoms with E-state index < -0.39 is 35.3 Å². The molecule has 2 aliphatic carbocycles. The second-order valence-electron chi connectivity index (χ2n) is 4.78. The number of benzene rings is 1. The van der Waals surface area contributed by atoms with Crippen LogP contribution in [0.2, 0.25) is 0 Å². The molecule has 1 N–H and O–H groups in total. The van der Waals surface area contributed by atoms with Crippen molar-refractivity contribution in [1.82, 2.24) is 0 Å². The van der Waals surface area contributed by atoms with E-state index in [1.165, 1.54) is 0 Å². The van der Waals surface area contributed by atoms with Crippen LogP contribution >= 0.6 is 0 Å². The minimum absolute atomic E-state index is 0.102. The number of aliphatic hydroxyl groups is 1. The lowest BCUT2D eigenvalue weighted by atomic mass is 9.94. The van der Waals surface area contributed by atoms with E-state index in [4.69, 9.17) is 0 Å². The van der Waals surface area contributed by atoms with E-state index in [9.17, 15) is 22.7 Å². The van der Waals surface area contributed by atoms with Crippen LogP contribution in [0.5, 0.6) is 0 Å². The Labute approximate surface area is 95.1 Å². The van der Waals surface area contributed by atoms with Crippen molar-refractivity contribution in [3.05, 3.63) is 34.4 Å². The molecule has 3 atom stereocenters. The van der Waals surface area contributed by atoms with Gasteiger partial charge < -0.3 is 5.11 Å². The van der Waals surface area contributed by atoms with Crippen LogP contribution in [0.4, 0.5) is 17.6 Å². The first-order chi connectivity index (χ1) is 8.02. The highest BCUT2D eigenvalue weighted by Gasteiger charge is 2.46. The first kappa shape index (κ1) is 11.0. The quantitative estimate of drug-likeness (QED) is 0.424. The molecule has 0 aliphatic heterocycles. The fraction of sp³-hybridized carbons (Fsp3) is 0.500. The molecule has 92 valence electrons. The van der Waals surface area contributed by atoms with Gasteiger partial charge in [0.2, 0.25) is 0 Å². The average molecular weight is 246 g/mol. The van der Waals surface area contributed by atoms with E-state index in [0.717, 1.165) is 0 Å². The lowest BCUT2D eigenvalue weighted by molar-refractivity contribution is 0.156. The smallest absolute Gasteiger partial charge is 0.197 e. The van der Waals surface area contributed by atoms with Crippen LogP contribution in [0.25, 0.3) is 0 Å². The van der Waals surface area contributed by atoms with Crippen molar-refractivity contribution >= 4 is 0 Å². The van der Waals surface area contributed by atoms with Crippen molar-refractivity contribution in [2.75, 3.05) is 0 Å². The molecule has 1 nitrogen and oxygen atoms in total. The Morgan fingerprint density at radius 3 is 2.24 bits per heavy atom. The number of aliphatic hydroxyl groups excluding tert-OH is 1. The van der Waals surface area contributed by atoms with Gasteiger partial charge in [0, 0.05) is 11.5 Å². The van der Waals surface area contributed by atoms with Crippen molar-refractivity contribution in [2.24, 2.45) is 5.92 Å². The topological polar surface area (TPSA) is 20.2 Å². The van der Waals surface area contributed by atoms with Gasteiger partial charge in [0.25, 0.3) is 0 Å². The van der Waals surface area contributed by atoms with Crippen molar-refractivity contribution in [3.63, 3.8) is 0 Å². The molecule has 3 rings (SSSR count). The SMILES string of the molecule is OC1CCC2Cc3c(F)c(F)c(F)c(F)c3C12. The molecule has 0 saturated heterocycles. The number of fused-ring (bicyclic) bond motifs is 3. The molecule has 5 heteroatoms. The summed E-state index contributed by atoms with van der Waals surface area (Å²) in [6.07, 6.45) is 0.508. The van der Waals surface area contributed by atoms with Crippen LogP contribution in [-0.4, -0.2) is 11.2 Å². The summed E-state index contributed by atoms with van der Waals surface area (Å²) < 4.78 is 53.4. The molecule has 0 spiro atoms. The zero-order valence-electron chi connectivity index (χ0n) is 8.81. The molecular formula is C12H10F4O. The maximum Gasteiger partial charge on any atom is 0.197 e. The van der Waals surface area contributed by atoms with Gasteiger partial charge in [-0.15, -0.1) is 0 Å². The van der Waals surface area contributed by atoms with Crippen LogP contribution < -0.4 is 0 Å². The average Bonchev–Trinajstić information content (AvgIpc) is 2.84. The predicted octanol–water partition coefficient (Wildman–Crippen LogP) is 2.65. The lowest BCUT2D eigenvalue weighted by Gasteiger charge is -2.16. The molecule has 0 heterocycles. The predicted molar refractivity (Wildman–Crippen MR) is 51.4 cm³/mol. The zero-order chi connectivity index (χ0) is 12.3. The molecule has 1 aromatic rings. The van der Waals surface area contributed by atoms with Crippen LogP contribution in [0.15, 0.2) is 0 Å². The van der Waals surface area contributed by atoms with E-state index >= 15 is 0 Å². The first-order valence-corrected chi connectivity index (χ1v) is 5.55. The lowest BCUT2D eigenvalue weighted by Crippen LogP contribution is -2.15. The molecule has 0 bridgehead atoms.